The quantitative estimate of drug-likeness (QED) is 0.843. The van der Waals surface area contributed by atoms with E-state index in [1.54, 1.807) is 0 Å². The molecule has 1 aromatic carbocycles. The normalized spacial score (nSPS) is 15.7. The van der Waals surface area contributed by atoms with E-state index in [9.17, 15) is 0 Å². The van der Waals surface area contributed by atoms with Crippen LogP contribution >= 0.6 is 0 Å². The minimum atomic E-state index is 0.341. The largest absolute Gasteiger partial charge is 0.490 e. The number of ether oxygens (including phenoxy) is 1. The second-order valence-electron chi connectivity index (χ2n) is 5.63. The highest BCUT2D eigenvalue weighted by Crippen LogP contribution is 2.29. The molecule has 0 radical (unpaired) electrons. The van der Waals surface area contributed by atoms with E-state index in [-0.39, 0.29) is 0 Å². The van der Waals surface area contributed by atoms with Gasteiger partial charge in [-0.15, -0.1) is 0 Å². The molecule has 1 aromatic heterocycles. The summed E-state index contributed by atoms with van der Waals surface area (Å²) in [5, 5.41) is 3.41. The second-order valence-corrected chi connectivity index (χ2v) is 5.63. The van der Waals surface area contributed by atoms with Gasteiger partial charge in [-0.25, -0.2) is 0 Å². The van der Waals surface area contributed by atoms with Crippen LogP contribution < -0.4 is 10.1 Å². The monoisotopic (exact) mass is 282 g/mol. The molecule has 1 N–H and O–H groups in total. The minimum Gasteiger partial charge on any atom is -0.490 e. The third-order valence-corrected chi connectivity index (χ3v) is 3.88. The summed E-state index contributed by atoms with van der Waals surface area (Å²) in [5.74, 6) is 0.997. The van der Waals surface area contributed by atoms with E-state index >= 15 is 0 Å². The summed E-state index contributed by atoms with van der Waals surface area (Å²) in [5.41, 5.74) is 2.57. The molecule has 0 aliphatic heterocycles. The SMILES string of the molecule is CNC(CCc1cccnc1)c1cccc(OC2CC2)c1. The van der Waals surface area contributed by atoms with Gasteiger partial charge in [-0.1, -0.05) is 18.2 Å². The number of aromatic nitrogens is 1. The Morgan fingerprint density at radius 1 is 1.29 bits per heavy atom. The molecule has 0 bridgehead atoms. The summed E-state index contributed by atoms with van der Waals surface area (Å²) in [7, 11) is 2.02. The Morgan fingerprint density at radius 3 is 2.90 bits per heavy atom. The van der Waals surface area contributed by atoms with Gasteiger partial charge in [0.05, 0.1) is 6.10 Å². The lowest BCUT2D eigenvalue weighted by molar-refractivity contribution is 0.302. The number of rotatable bonds is 7. The maximum absolute atomic E-state index is 5.89. The molecular weight excluding hydrogens is 260 g/mol. The summed E-state index contributed by atoms with van der Waals surface area (Å²) in [6, 6.07) is 12.9. The van der Waals surface area contributed by atoms with E-state index in [0.717, 1.165) is 18.6 Å². The van der Waals surface area contributed by atoms with Crippen LogP contribution in [-0.4, -0.2) is 18.1 Å². The van der Waals surface area contributed by atoms with Gasteiger partial charge in [0, 0.05) is 18.4 Å². The maximum Gasteiger partial charge on any atom is 0.120 e. The van der Waals surface area contributed by atoms with Crippen LogP contribution in [0.5, 0.6) is 5.75 Å². The van der Waals surface area contributed by atoms with E-state index in [1.165, 1.54) is 24.0 Å². The Kier molecular flexibility index (Phi) is 4.51. The third-order valence-electron chi connectivity index (χ3n) is 3.88. The zero-order valence-electron chi connectivity index (χ0n) is 12.5. The van der Waals surface area contributed by atoms with Crippen LogP contribution in [0.3, 0.4) is 0 Å². The summed E-state index contributed by atoms with van der Waals surface area (Å²) < 4.78 is 5.89. The van der Waals surface area contributed by atoms with Crippen molar-refractivity contribution in [2.24, 2.45) is 0 Å². The van der Waals surface area contributed by atoms with Gasteiger partial charge in [0.15, 0.2) is 0 Å². The first-order valence-corrected chi connectivity index (χ1v) is 7.68. The topological polar surface area (TPSA) is 34.2 Å². The number of nitrogens with one attached hydrogen (secondary N) is 1. The van der Waals surface area contributed by atoms with Crippen molar-refractivity contribution in [3.05, 3.63) is 59.9 Å². The van der Waals surface area contributed by atoms with Crippen molar-refractivity contribution in [3.8, 4) is 5.75 Å². The van der Waals surface area contributed by atoms with Crippen molar-refractivity contribution >= 4 is 0 Å². The fraction of sp³-hybridized carbons (Fsp3) is 0.389. The molecule has 1 aliphatic carbocycles. The predicted octanol–water partition coefficient (Wildman–Crippen LogP) is 3.52. The summed E-state index contributed by atoms with van der Waals surface area (Å²) in [4.78, 5) is 4.17. The number of pyridine rings is 1. The van der Waals surface area contributed by atoms with Crippen LogP contribution in [0, 0.1) is 0 Å². The molecule has 2 aromatic rings. The summed E-state index contributed by atoms with van der Waals surface area (Å²) >= 11 is 0. The van der Waals surface area contributed by atoms with Crippen molar-refractivity contribution < 1.29 is 4.74 Å². The molecule has 3 heteroatoms. The smallest absolute Gasteiger partial charge is 0.120 e. The molecule has 110 valence electrons. The zero-order valence-corrected chi connectivity index (χ0v) is 12.5. The van der Waals surface area contributed by atoms with Gasteiger partial charge < -0.3 is 10.1 Å². The van der Waals surface area contributed by atoms with Crippen LogP contribution in [0.2, 0.25) is 0 Å². The first kappa shape index (κ1) is 14.1. The standard InChI is InChI=1S/C18H22N2O/c1-19-18(10-7-14-4-3-11-20-13-14)15-5-2-6-17(12-15)21-16-8-9-16/h2-6,11-13,16,18-19H,7-10H2,1H3. The fourth-order valence-electron chi connectivity index (χ4n) is 2.52. The molecule has 1 heterocycles. The van der Waals surface area contributed by atoms with Gasteiger partial charge in [-0.05, 0) is 62.1 Å². The molecule has 0 spiro atoms. The number of hydrogen-bond acceptors (Lipinski definition) is 3. The third kappa shape index (κ3) is 4.05. The van der Waals surface area contributed by atoms with Crippen molar-refractivity contribution in [1.82, 2.24) is 10.3 Å². The lowest BCUT2D eigenvalue weighted by atomic mass is 9.99. The van der Waals surface area contributed by atoms with Crippen LogP contribution in [0.25, 0.3) is 0 Å². The number of benzene rings is 1. The Hall–Kier alpha value is -1.87. The van der Waals surface area contributed by atoms with Crippen LogP contribution in [-0.2, 0) is 6.42 Å². The highest BCUT2D eigenvalue weighted by Gasteiger charge is 2.23. The van der Waals surface area contributed by atoms with Crippen molar-refractivity contribution in [3.63, 3.8) is 0 Å². The Balaban J connectivity index is 1.64. The Morgan fingerprint density at radius 2 is 2.19 bits per heavy atom. The Labute approximate surface area is 126 Å². The minimum absolute atomic E-state index is 0.341. The van der Waals surface area contributed by atoms with Gasteiger partial charge >= 0.3 is 0 Å². The summed E-state index contributed by atoms with van der Waals surface area (Å²) in [6.07, 6.45) is 8.67. The van der Waals surface area contributed by atoms with E-state index < -0.39 is 0 Å². The fourth-order valence-corrected chi connectivity index (χ4v) is 2.52. The average molecular weight is 282 g/mol. The molecule has 1 aliphatic rings. The van der Waals surface area contributed by atoms with E-state index in [2.05, 4.69) is 40.6 Å². The molecule has 0 saturated heterocycles. The number of aryl methyl sites for hydroxylation is 1. The van der Waals surface area contributed by atoms with Gasteiger partial charge in [0.1, 0.15) is 5.75 Å². The molecule has 1 unspecified atom stereocenters. The lowest BCUT2D eigenvalue weighted by Gasteiger charge is -2.17. The van der Waals surface area contributed by atoms with Crippen LogP contribution in [0.15, 0.2) is 48.8 Å². The molecule has 21 heavy (non-hydrogen) atoms. The first-order chi connectivity index (χ1) is 10.3. The van der Waals surface area contributed by atoms with Crippen molar-refractivity contribution in [2.45, 2.75) is 37.8 Å². The molecule has 3 nitrogen and oxygen atoms in total. The average Bonchev–Trinajstić information content (AvgIpc) is 3.33. The van der Waals surface area contributed by atoms with Crippen molar-refractivity contribution in [1.29, 1.82) is 0 Å². The zero-order chi connectivity index (χ0) is 14.5. The van der Waals surface area contributed by atoms with Gasteiger partial charge in [0.25, 0.3) is 0 Å². The first-order valence-electron chi connectivity index (χ1n) is 7.68. The number of nitrogens with zero attached hydrogens (tertiary/aromatic N) is 1. The molecule has 1 atom stereocenters. The highest BCUT2D eigenvalue weighted by molar-refractivity contribution is 5.31. The van der Waals surface area contributed by atoms with E-state index in [4.69, 9.17) is 4.74 Å². The van der Waals surface area contributed by atoms with E-state index in [1.807, 2.05) is 25.5 Å². The van der Waals surface area contributed by atoms with Crippen LogP contribution in [0.1, 0.15) is 36.4 Å². The molecular formula is C18H22N2O. The van der Waals surface area contributed by atoms with Crippen molar-refractivity contribution in [2.75, 3.05) is 7.05 Å². The second kappa shape index (κ2) is 6.72. The molecule has 1 saturated carbocycles. The van der Waals surface area contributed by atoms with Gasteiger partial charge in [-0.2, -0.15) is 0 Å². The number of hydrogen-bond donors (Lipinski definition) is 1. The maximum atomic E-state index is 5.89. The molecule has 0 amide bonds. The highest BCUT2D eigenvalue weighted by atomic mass is 16.5. The molecule has 1 fully saturated rings. The lowest BCUT2D eigenvalue weighted by Crippen LogP contribution is -2.17. The van der Waals surface area contributed by atoms with Gasteiger partial charge in [0.2, 0.25) is 0 Å². The van der Waals surface area contributed by atoms with E-state index in [0.29, 0.717) is 12.1 Å². The summed E-state index contributed by atoms with van der Waals surface area (Å²) in [6.45, 7) is 0. The van der Waals surface area contributed by atoms with Crippen LogP contribution in [0.4, 0.5) is 0 Å². The Bertz CT molecular complexity index is 566. The van der Waals surface area contributed by atoms with Gasteiger partial charge in [-0.3, -0.25) is 4.98 Å². The predicted molar refractivity (Wildman–Crippen MR) is 84.5 cm³/mol. The molecule has 3 rings (SSSR count).